The Morgan fingerprint density at radius 3 is 2.60 bits per heavy atom. The molecule has 1 unspecified atom stereocenters. The lowest BCUT2D eigenvalue weighted by molar-refractivity contribution is 0.385. The maximum absolute atomic E-state index is 2.34. The highest BCUT2D eigenvalue weighted by atomic mass is 14.3. The van der Waals surface area contributed by atoms with Crippen LogP contribution in [-0.2, 0) is 0 Å². The van der Waals surface area contributed by atoms with Gasteiger partial charge in [0.1, 0.15) is 0 Å². The van der Waals surface area contributed by atoms with Gasteiger partial charge in [-0.25, -0.2) is 0 Å². The summed E-state index contributed by atoms with van der Waals surface area (Å²) in [4.78, 5) is 0. The molecule has 1 aliphatic carbocycles. The third-order valence-corrected chi connectivity index (χ3v) is 3.43. The molecule has 1 rings (SSSR count). The molecule has 0 aromatic heterocycles. The first-order valence-electron chi connectivity index (χ1n) is 6.15. The van der Waals surface area contributed by atoms with Crippen LogP contribution in [0.4, 0.5) is 0 Å². The van der Waals surface area contributed by atoms with Gasteiger partial charge in [-0.15, -0.1) is 0 Å². The molecule has 0 heteroatoms. The normalized spacial score (nSPS) is 23.7. The van der Waals surface area contributed by atoms with Crippen LogP contribution in [0.2, 0.25) is 0 Å². The van der Waals surface area contributed by atoms with Crippen LogP contribution >= 0.6 is 0 Å². The fraction of sp³-hybridized carbons (Fsp3) is 0.600. The Kier molecular flexibility index (Phi) is 4.87. The van der Waals surface area contributed by atoms with Crippen molar-refractivity contribution in [1.29, 1.82) is 0 Å². The average molecular weight is 204 g/mol. The SMILES string of the molecule is C/C=C\C=C/C1=C(C)C(C(C)C)CCC1. The monoisotopic (exact) mass is 204 g/mol. The molecule has 0 amide bonds. The molecule has 0 aromatic carbocycles. The standard InChI is InChI=1S/C15H24/c1-5-6-7-9-14-10-8-11-15(12(2)3)13(14)4/h5-7,9,12,15H,8,10-11H2,1-4H3/b6-5-,9-7-. The summed E-state index contributed by atoms with van der Waals surface area (Å²) in [7, 11) is 0. The van der Waals surface area contributed by atoms with Gasteiger partial charge in [-0.2, -0.15) is 0 Å². The molecule has 0 fully saturated rings. The van der Waals surface area contributed by atoms with E-state index in [1.165, 1.54) is 19.3 Å². The predicted octanol–water partition coefficient (Wildman–Crippen LogP) is 4.89. The summed E-state index contributed by atoms with van der Waals surface area (Å²) in [5.41, 5.74) is 3.19. The Bertz CT molecular complexity index is 276. The Balaban J connectivity index is 2.80. The molecule has 0 saturated heterocycles. The van der Waals surface area contributed by atoms with E-state index in [2.05, 4.69) is 52.0 Å². The Morgan fingerprint density at radius 2 is 2.00 bits per heavy atom. The highest BCUT2D eigenvalue weighted by Gasteiger charge is 2.20. The Morgan fingerprint density at radius 1 is 1.27 bits per heavy atom. The molecule has 0 aliphatic heterocycles. The predicted molar refractivity (Wildman–Crippen MR) is 68.8 cm³/mol. The van der Waals surface area contributed by atoms with Crippen molar-refractivity contribution in [1.82, 2.24) is 0 Å². The van der Waals surface area contributed by atoms with Gasteiger partial charge in [0.2, 0.25) is 0 Å². The summed E-state index contributed by atoms with van der Waals surface area (Å²) in [6.45, 7) is 9.06. The molecule has 0 nitrogen and oxygen atoms in total. The van der Waals surface area contributed by atoms with E-state index in [1.54, 1.807) is 11.1 Å². The van der Waals surface area contributed by atoms with Crippen molar-refractivity contribution in [3.05, 3.63) is 35.5 Å². The molecule has 0 N–H and O–H groups in total. The topological polar surface area (TPSA) is 0 Å². The summed E-state index contributed by atoms with van der Waals surface area (Å²) in [5.74, 6) is 1.60. The number of hydrogen-bond acceptors (Lipinski definition) is 0. The van der Waals surface area contributed by atoms with Gasteiger partial charge in [0, 0.05) is 0 Å². The molecule has 0 radical (unpaired) electrons. The first kappa shape index (κ1) is 12.3. The van der Waals surface area contributed by atoms with Crippen molar-refractivity contribution >= 4 is 0 Å². The van der Waals surface area contributed by atoms with Crippen molar-refractivity contribution in [2.75, 3.05) is 0 Å². The fourth-order valence-electron chi connectivity index (χ4n) is 2.50. The van der Waals surface area contributed by atoms with Crippen molar-refractivity contribution in [2.24, 2.45) is 11.8 Å². The van der Waals surface area contributed by atoms with Gasteiger partial charge in [0.25, 0.3) is 0 Å². The van der Waals surface area contributed by atoms with Crippen LogP contribution < -0.4 is 0 Å². The fourth-order valence-corrected chi connectivity index (χ4v) is 2.50. The summed E-state index contributed by atoms with van der Waals surface area (Å²) in [6, 6.07) is 0. The quantitative estimate of drug-likeness (QED) is 0.574. The molecule has 0 saturated carbocycles. The summed E-state index contributed by atoms with van der Waals surface area (Å²) < 4.78 is 0. The molecule has 0 spiro atoms. The molecule has 15 heavy (non-hydrogen) atoms. The third-order valence-electron chi connectivity index (χ3n) is 3.43. The van der Waals surface area contributed by atoms with Crippen molar-refractivity contribution in [2.45, 2.75) is 47.0 Å². The second-order valence-electron chi connectivity index (χ2n) is 4.84. The van der Waals surface area contributed by atoms with E-state index in [4.69, 9.17) is 0 Å². The Labute approximate surface area is 94.8 Å². The van der Waals surface area contributed by atoms with Gasteiger partial charge in [0.15, 0.2) is 0 Å². The van der Waals surface area contributed by atoms with Crippen LogP contribution in [0.15, 0.2) is 35.5 Å². The van der Waals surface area contributed by atoms with E-state index < -0.39 is 0 Å². The third kappa shape index (κ3) is 3.37. The van der Waals surface area contributed by atoms with Crippen molar-refractivity contribution in [3.8, 4) is 0 Å². The van der Waals surface area contributed by atoms with Gasteiger partial charge < -0.3 is 0 Å². The number of hydrogen-bond donors (Lipinski definition) is 0. The number of rotatable bonds is 3. The smallest absolute Gasteiger partial charge is 0.0177 e. The second-order valence-corrected chi connectivity index (χ2v) is 4.84. The van der Waals surface area contributed by atoms with E-state index in [-0.39, 0.29) is 0 Å². The molecular formula is C15H24. The van der Waals surface area contributed by atoms with E-state index in [9.17, 15) is 0 Å². The van der Waals surface area contributed by atoms with Crippen molar-refractivity contribution in [3.63, 3.8) is 0 Å². The first-order chi connectivity index (χ1) is 7.16. The molecule has 84 valence electrons. The lowest BCUT2D eigenvalue weighted by Gasteiger charge is -2.28. The minimum Gasteiger partial charge on any atom is -0.0877 e. The molecule has 0 aromatic rings. The van der Waals surface area contributed by atoms with Crippen LogP contribution in [0.5, 0.6) is 0 Å². The first-order valence-corrected chi connectivity index (χ1v) is 6.15. The molecule has 1 atom stereocenters. The van der Waals surface area contributed by atoms with Crippen LogP contribution in [0.1, 0.15) is 47.0 Å². The number of allylic oxidation sites excluding steroid dienone is 6. The zero-order valence-corrected chi connectivity index (χ0v) is 10.6. The van der Waals surface area contributed by atoms with E-state index in [1.807, 2.05) is 0 Å². The van der Waals surface area contributed by atoms with Gasteiger partial charge in [-0.1, -0.05) is 43.7 Å². The van der Waals surface area contributed by atoms with Gasteiger partial charge >= 0.3 is 0 Å². The summed E-state index contributed by atoms with van der Waals surface area (Å²) in [6.07, 6.45) is 12.7. The van der Waals surface area contributed by atoms with E-state index >= 15 is 0 Å². The lowest BCUT2D eigenvalue weighted by Crippen LogP contribution is -2.15. The second kappa shape index (κ2) is 5.95. The summed E-state index contributed by atoms with van der Waals surface area (Å²) in [5, 5.41) is 0. The Hall–Kier alpha value is -0.780. The van der Waals surface area contributed by atoms with Gasteiger partial charge in [0.05, 0.1) is 0 Å². The average Bonchev–Trinajstić information content (AvgIpc) is 2.20. The maximum Gasteiger partial charge on any atom is -0.0177 e. The highest BCUT2D eigenvalue weighted by molar-refractivity contribution is 5.30. The van der Waals surface area contributed by atoms with Crippen LogP contribution in [-0.4, -0.2) is 0 Å². The minimum absolute atomic E-state index is 0.787. The highest BCUT2D eigenvalue weighted by Crippen LogP contribution is 2.35. The molecular weight excluding hydrogens is 180 g/mol. The van der Waals surface area contributed by atoms with Crippen LogP contribution in [0.25, 0.3) is 0 Å². The molecule has 0 heterocycles. The zero-order valence-electron chi connectivity index (χ0n) is 10.6. The summed E-state index contributed by atoms with van der Waals surface area (Å²) >= 11 is 0. The van der Waals surface area contributed by atoms with Crippen LogP contribution in [0, 0.1) is 11.8 Å². The lowest BCUT2D eigenvalue weighted by atomic mass is 9.77. The minimum atomic E-state index is 0.787. The largest absolute Gasteiger partial charge is 0.0877 e. The maximum atomic E-state index is 2.34. The van der Waals surface area contributed by atoms with E-state index in [0.717, 1.165) is 11.8 Å². The molecule has 0 bridgehead atoms. The van der Waals surface area contributed by atoms with Gasteiger partial charge in [-0.05, 0) is 50.5 Å². The zero-order chi connectivity index (χ0) is 11.3. The van der Waals surface area contributed by atoms with Gasteiger partial charge in [-0.3, -0.25) is 0 Å². The van der Waals surface area contributed by atoms with Crippen LogP contribution in [0.3, 0.4) is 0 Å². The van der Waals surface area contributed by atoms with Crippen molar-refractivity contribution < 1.29 is 0 Å². The van der Waals surface area contributed by atoms with E-state index in [0.29, 0.717) is 0 Å². The molecule has 1 aliphatic rings.